The Morgan fingerprint density at radius 2 is 1.71 bits per heavy atom. The summed E-state index contributed by atoms with van der Waals surface area (Å²) in [6.07, 6.45) is 1.68. The number of amidine groups is 1. The molecule has 31 heavy (non-hydrogen) atoms. The lowest BCUT2D eigenvalue weighted by Crippen LogP contribution is -2.32. The largest absolute Gasteiger partial charge is 0.454 e. The molecular weight excluding hydrogens is 398 g/mol. The van der Waals surface area contributed by atoms with Crippen molar-refractivity contribution in [1.82, 2.24) is 0 Å². The first-order valence-corrected chi connectivity index (χ1v) is 9.44. The predicted octanol–water partition coefficient (Wildman–Crippen LogP) is 4.16. The number of hydrogen-bond acceptors (Lipinski definition) is 6. The quantitative estimate of drug-likeness (QED) is 0.364. The molecule has 0 spiro atoms. The molecule has 0 unspecified atom stereocenters. The third kappa shape index (κ3) is 3.40. The van der Waals surface area contributed by atoms with Crippen LogP contribution < -0.4 is 14.4 Å². The zero-order chi connectivity index (χ0) is 21.4. The molecule has 1 amide bonds. The van der Waals surface area contributed by atoms with Gasteiger partial charge in [-0.25, -0.2) is 4.99 Å². The van der Waals surface area contributed by atoms with Crippen molar-refractivity contribution in [2.24, 2.45) is 4.99 Å². The Kier molecular flexibility index (Phi) is 4.44. The van der Waals surface area contributed by atoms with Gasteiger partial charge in [-0.05, 0) is 35.9 Å². The van der Waals surface area contributed by atoms with Gasteiger partial charge in [-0.2, -0.15) is 0 Å². The van der Waals surface area contributed by atoms with Crippen molar-refractivity contribution in [3.8, 4) is 11.5 Å². The summed E-state index contributed by atoms with van der Waals surface area (Å²) in [5.74, 6) is 1.39. The zero-order valence-corrected chi connectivity index (χ0v) is 16.1. The Balaban J connectivity index is 1.57. The van der Waals surface area contributed by atoms with Crippen LogP contribution in [-0.2, 0) is 4.79 Å². The second kappa shape index (κ2) is 7.42. The van der Waals surface area contributed by atoms with Gasteiger partial charge in [0.2, 0.25) is 6.79 Å². The van der Waals surface area contributed by atoms with E-state index in [4.69, 9.17) is 9.47 Å². The lowest BCUT2D eigenvalue weighted by molar-refractivity contribution is -0.384. The number of aliphatic imine (C=N–C) groups is 1. The lowest BCUT2D eigenvalue weighted by atomic mass is 10.1. The molecule has 8 nitrogen and oxygen atoms in total. The van der Waals surface area contributed by atoms with E-state index < -0.39 is 4.92 Å². The maximum absolute atomic E-state index is 13.3. The van der Waals surface area contributed by atoms with E-state index in [9.17, 15) is 14.9 Å². The van der Waals surface area contributed by atoms with Crippen molar-refractivity contribution >= 4 is 29.2 Å². The summed E-state index contributed by atoms with van der Waals surface area (Å²) < 4.78 is 10.7. The van der Waals surface area contributed by atoms with Gasteiger partial charge < -0.3 is 9.47 Å². The van der Waals surface area contributed by atoms with Crippen molar-refractivity contribution in [2.75, 3.05) is 11.7 Å². The lowest BCUT2D eigenvalue weighted by Gasteiger charge is -2.18. The summed E-state index contributed by atoms with van der Waals surface area (Å²) in [5, 5.41) is 11.0. The topological polar surface area (TPSA) is 94.3 Å². The smallest absolute Gasteiger partial charge is 0.282 e. The molecule has 0 bridgehead atoms. The monoisotopic (exact) mass is 413 g/mol. The Morgan fingerprint density at radius 3 is 2.45 bits per heavy atom. The molecule has 2 heterocycles. The Morgan fingerprint density at radius 1 is 0.968 bits per heavy atom. The number of ether oxygens (including phenoxy) is 2. The zero-order valence-electron chi connectivity index (χ0n) is 16.1. The predicted molar refractivity (Wildman–Crippen MR) is 114 cm³/mol. The summed E-state index contributed by atoms with van der Waals surface area (Å²) in [5.41, 5.74) is 2.19. The van der Waals surface area contributed by atoms with Crippen molar-refractivity contribution in [3.63, 3.8) is 0 Å². The number of non-ortho nitro benzene ring substituents is 1. The number of nitro benzene ring substituents is 1. The van der Waals surface area contributed by atoms with E-state index in [1.165, 1.54) is 29.2 Å². The SMILES string of the molecule is O=C1/C(=C/c2ccc3c(c2)OCO3)N=C(c2ccccc2)N1c1ccc([N+](=O)[O-])cc1. The fraction of sp³-hybridized carbons (Fsp3) is 0.0435. The van der Waals surface area contributed by atoms with Crippen LogP contribution >= 0.6 is 0 Å². The summed E-state index contributed by atoms with van der Waals surface area (Å²) in [7, 11) is 0. The van der Waals surface area contributed by atoms with Crippen LogP contribution in [0.15, 0.2) is 83.5 Å². The molecule has 2 aliphatic rings. The second-order valence-electron chi connectivity index (χ2n) is 6.86. The molecule has 5 rings (SSSR count). The molecule has 152 valence electrons. The molecule has 0 N–H and O–H groups in total. The van der Waals surface area contributed by atoms with E-state index in [0.717, 1.165) is 11.1 Å². The molecule has 0 saturated heterocycles. The number of carbonyl (C=O) groups is 1. The molecule has 0 atom stereocenters. The van der Waals surface area contributed by atoms with Crippen LogP contribution in [0.5, 0.6) is 11.5 Å². The third-order valence-corrected chi connectivity index (χ3v) is 4.91. The van der Waals surface area contributed by atoms with Crippen LogP contribution in [0, 0.1) is 10.1 Å². The number of nitro groups is 1. The highest BCUT2D eigenvalue weighted by atomic mass is 16.7. The normalized spacial score (nSPS) is 16.0. The number of carbonyl (C=O) groups excluding carboxylic acids is 1. The maximum atomic E-state index is 13.3. The highest BCUT2D eigenvalue weighted by Gasteiger charge is 2.32. The summed E-state index contributed by atoms with van der Waals surface area (Å²) in [6.45, 7) is 0.165. The van der Waals surface area contributed by atoms with Crippen LogP contribution in [0.3, 0.4) is 0 Å². The van der Waals surface area contributed by atoms with Gasteiger partial charge in [0.05, 0.1) is 10.6 Å². The van der Waals surface area contributed by atoms with Crippen molar-refractivity contribution in [3.05, 3.63) is 99.7 Å². The average Bonchev–Trinajstić information content (AvgIpc) is 3.39. The molecule has 0 saturated carbocycles. The molecular formula is C23H15N3O5. The van der Waals surface area contributed by atoms with Crippen molar-refractivity contribution < 1.29 is 19.2 Å². The first-order valence-electron chi connectivity index (χ1n) is 9.44. The summed E-state index contributed by atoms with van der Waals surface area (Å²) >= 11 is 0. The Bertz CT molecular complexity index is 1250. The van der Waals surface area contributed by atoms with E-state index in [1.54, 1.807) is 18.2 Å². The third-order valence-electron chi connectivity index (χ3n) is 4.91. The number of anilines is 1. The number of rotatable bonds is 4. The van der Waals surface area contributed by atoms with Gasteiger partial charge in [-0.15, -0.1) is 0 Å². The van der Waals surface area contributed by atoms with Crippen molar-refractivity contribution in [2.45, 2.75) is 0 Å². The molecule has 3 aromatic carbocycles. The van der Waals surface area contributed by atoms with Crippen LogP contribution in [0.2, 0.25) is 0 Å². The van der Waals surface area contributed by atoms with E-state index >= 15 is 0 Å². The molecule has 0 aliphatic carbocycles. The van der Waals surface area contributed by atoms with Gasteiger partial charge in [-0.1, -0.05) is 36.4 Å². The molecule has 2 aliphatic heterocycles. The number of amides is 1. The van der Waals surface area contributed by atoms with E-state index in [2.05, 4.69) is 4.99 Å². The first kappa shape index (κ1) is 18.6. The van der Waals surface area contributed by atoms with Crippen LogP contribution in [-0.4, -0.2) is 23.5 Å². The van der Waals surface area contributed by atoms with E-state index in [-0.39, 0.29) is 24.1 Å². The highest BCUT2D eigenvalue weighted by molar-refractivity contribution is 6.33. The minimum atomic E-state index is -0.479. The Labute approximate surface area is 176 Å². The van der Waals surface area contributed by atoms with E-state index in [1.807, 2.05) is 36.4 Å². The fourth-order valence-electron chi connectivity index (χ4n) is 3.42. The van der Waals surface area contributed by atoms with Gasteiger partial charge in [0.25, 0.3) is 11.6 Å². The fourth-order valence-corrected chi connectivity index (χ4v) is 3.42. The van der Waals surface area contributed by atoms with Crippen molar-refractivity contribution in [1.29, 1.82) is 0 Å². The highest BCUT2D eigenvalue weighted by Crippen LogP contribution is 2.34. The van der Waals surface area contributed by atoms with Crippen LogP contribution in [0.25, 0.3) is 6.08 Å². The van der Waals surface area contributed by atoms with Crippen LogP contribution in [0.4, 0.5) is 11.4 Å². The first-order chi connectivity index (χ1) is 15.1. The standard InChI is InChI=1S/C23H15N3O5/c27-23-19(12-15-6-11-20-21(13-15)31-14-30-20)24-22(16-4-2-1-3-5-16)25(23)17-7-9-18(10-8-17)26(28)29/h1-13H,14H2/b19-12-. The van der Waals surface area contributed by atoms with Gasteiger partial charge in [0, 0.05) is 17.7 Å². The minimum Gasteiger partial charge on any atom is -0.454 e. The molecule has 0 aromatic heterocycles. The molecule has 8 heteroatoms. The second-order valence-corrected chi connectivity index (χ2v) is 6.86. The van der Waals surface area contributed by atoms with Gasteiger partial charge in [0.15, 0.2) is 11.5 Å². The van der Waals surface area contributed by atoms with Gasteiger partial charge >= 0.3 is 0 Å². The molecule has 0 fully saturated rings. The number of fused-ring (bicyclic) bond motifs is 1. The summed E-state index contributed by atoms with van der Waals surface area (Å²) in [4.78, 5) is 29.9. The van der Waals surface area contributed by atoms with Gasteiger partial charge in [0.1, 0.15) is 11.5 Å². The van der Waals surface area contributed by atoms with Gasteiger partial charge in [-0.3, -0.25) is 19.8 Å². The number of hydrogen-bond donors (Lipinski definition) is 0. The maximum Gasteiger partial charge on any atom is 0.282 e. The van der Waals surface area contributed by atoms with E-state index in [0.29, 0.717) is 23.0 Å². The number of benzene rings is 3. The Hall–Kier alpha value is -4.46. The molecule has 0 radical (unpaired) electrons. The summed E-state index contributed by atoms with van der Waals surface area (Å²) in [6, 6.07) is 20.5. The number of nitrogens with zero attached hydrogens (tertiary/aromatic N) is 3. The average molecular weight is 413 g/mol. The minimum absolute atomic E-state index is 0.0512. The molecule has 3 aromatic rings. The van der Waals surface area contributed by atoms with Crippen LogP contribution in [0.1, 0.15) is 11.1 Å².